The van der Waals surface area contributed by atoms with Crippen LogP contribution in [0.5, 0.6) is 0 Å². The van der Waals surface area contributed by atoms with Crippen molar-refractivity contribution in [3.8, 4) is 0 Å². The van der Waals surface area contributed by atoms with Crippen LogP contribution in [0, 0.1) is 12.8 Å². The van der Waals surface area contributed by atoms with Crippen LogP contribution < -0.4 is 0 Å². The lowest BCUT2D eigenvalue weighted by molar-refractivity contribution is -0.138. The van der Waals surface area contributed by atoms with Crippen LogP contribution in [0.25, 0.3) is 0 Å². The third-order valence-electron chi connectivity index (χ3n) is 2.52. The van der Waals surface area contributed by atoms with E-state index in [2.05, 4.69) is 4.98 Å². The molecule has 2 atom stereocenters. The van der Waals surface area contributed by atoms with Crippen LogP contribution >= 0.6 is 11.6 Å². The number of aryl methyl sites for hydroxylation is 1. The number of carboxylic acid groups (broad SMARTS) is 1. The van der Waals surface area contributed by atoms with Crippen molar-refractivity contribution in [2.45, 2.75) is 19.3 Å². The zero-order valence-electron chi connectivity index (χ0n) is 7.70. The summed E-state index contributed by atoms with van der Waals surface area (Å²) in [5, 5.41) is 9.21. The molecular weight excluding hydrogens is 202 g/mol. The Morgan fingerprint density at radius 1 is 1.64 bits per heavy atom. The highest BCUT2D eigenvalue weighted by Gasteiger charge is 2.45. The van der Waals surface area contributed by atoms with Crippen LogP contribution in [0.4, 0.5) is 0 Å². The molecule has 1 fully saturated rings. The number of halogens is 1. The molecule has 1 aromatic rings. The Balaban J connectivity index is 2.23. The first-order valence-electron chi connectivity index (χ1n) is 4.45. The molecule has 3 nitrogen and oxygen atoms in total. The fraction of sp³-hybridized carbons (Fsp3) is 0.400. The molecule has 1 saturated carbocycles. The summed E-state index contributed by atoms with van der Waals surface area (Å²) in [6, 6.07) is 3.73. The lowest BCUT2D eigenvalue weighted by Crippen LogP contribution is -1.99. The molecule has 2 rings (SSSR count). The first-order valence-corrected chi connectivity index (χ1v) is 4.83. The lowest BCUT2D eigenvalue weighted by atomic mass is 10.1. The largest absolute Gasteiger partial charge is 0.481 e. The van der Waals surface area contributed by atoms with Gasteiger partial charge in [0, 0.05) is 11.6 Å². The van der Waals surface area contributed by atoms with Crippen molar-refractivity contribution < 1.29 is 9.90 Å². The second-order valence-electron chi connectivity index (χ2n) is 3.62. The maximum atomic E-state index is 10.7. The number of carboxylic acids is 1. The van der Waals surface area contributed by atoms with E-state index in [0.29, 0.717) is 11.6 Å². The summed E-state index contributed by atoms with van der Waals surface area (Å²) in [6.45, 7) is 1.86. The third-order valence-corrected chi connectivity index (χ3v) is 2.83. The van der Waals surface area contributed by atoms with E-state index in [1.54, 1.807) is 0 Å². The Bertz CT molecular complexity index is 392. The Hall–Kier alpha value is -1.09. The summed E-state index contributed by atoms with van der Waals surface area (Å²) < 4.78 is 0. The number of aromatic nitrogens is 1. The van der Waals surface area contributed by atoms with E-state index in [9.17, 15) is 4.79 Å². The Kier molecular flexibility index (Phi) is 2.19. The SMILES string of the molecule is Cc1ccc(C2CC2C(=O)O)c(Cl)n1. The van der Waals surface area contributed by atoms with Crippen molar-refractivity contribution in [3.05, 3.63) is 28.5 Å². The van der Waals surface area contributed by atoms with Crippen molar-refractivity contribution in [2.24, 2.45) is 5.92 Å². The monoisotopic (exact) mass is 211 g/mol. The van der Waals surface area contributed by atoms with E-state index in [-0.39, 0.29) is 11.8 Å². The van der Waals surface area contributed by atoms with Crippen molar-refractivity contribution >= 4 is 17.6 Å². The van der Waals surface area contributed by atoms with Crippen molar-refractivity contribution in [3.63, 3.8) is 0 Å². The quantitative estimate of drug-likeness (QED) is 0.764. The third kappa shape index (κ3) is 1.60. The minimum absolute atomic E-state index is 0.0631. The molecule has 2 unspecified atom stereocenters. The number of carbonyl (C=O) groups is 1. The second-order valence-corrected chi connectivity index (χ2v) is 3.98. The van der Waals surface area contributed by atoms with Gasteiger partial charge in [0.2, 0.25) is 0 Å². The Labute approximate surface area is 86.7 Å². The number of aliphatic carboxylic acids is 1. The molecule has 0 aromatic carbocycles. The molecule has 1 aromatic heterocycles. The molecule has 0 amide bonds. The Morgan fingerprint density at radius 3 is 2.86 bits per heavy atom. The van der Waals surface area contributed by atoms with Gasteiger partial charge in [-0.05, 0) is 25.0 Å². The van der Waals surface area contributed by atoms with E-state index < -0.39 is 5.97 Å². The van der Waals surface area contributed by atoms with Crippen molar-refractivity contribution in [1.29, 1.82) is 0 Å². The summed E-state index contributed by atoms with van der Waals surface area (Å²) in [5.74, 6) is -0.947. The fourth-order valence-electron chi connectivity index (χ4n) is 1.62. The summed E-state index contributed by atoms with van der Waals surface area (Å²) in [4.78, 5) is 14.8. The fourth-order valence-corrected chi connectivity index (χ4v) is 1.96. The average Bonchev–Trinajstić information content (AvgIpc) is 2.83. The van der Waals surface area contributed by atoms with Gasteiger partial charge in [-0.25, -0.2) is 4.98 Å². The standard InChI is InChI=1S/C10H10ClNO2/c1-5-2-3-6(9(11)12-5)7-4-8(7)10(13)14/h2-3,7-8H,4H2,1H3,(H,13,14). The molecule has 0 saturated heterocycles. The predicted octanol–water partition coefficient (Wildman–Crippen LogP) is 2.23. The van der Waals surface area contributed by atoms with E-state index >= 15 is 0 Å². The minimum Gasteiger partial charge on any atom is -0.481 e. The predicted molar refractivity (Wildman–Crippen MR) is 52.5 cm³/mol. The summed E-state index contributed by atoms with van der Waals surface area (Å²) >= 11 is 5.93. The molecule has 14 heavy (non-hydrogen) atoms. The van der Waals surface area contributed by atoms with Gasteiger partial charge in [0.25, 0.3) is 0 Å². The van der Waals surface area contributed by atoms with E-state index in [1.165, 1.54) is 0 Å². The molecule has 1 aliphatic carbocycles. The first-order chi connectivity index (χ1) is 6.59. The van der Waals surface area contributed by atoms with Crippen LogP contribution in [-0.2, 0) is 4.79 Å². The highest BCUT2D eigenvalue weighted by Crippen LogP contribution is 2.49. The molecule has 0 aliphatic heterocycles. The van der Waals surface area contributed by atoms with Gasteiger partial charge in [-0.2, -0.15) is 0 Å². The van der Waals surface area contributed by atoms with Gasteiger partial charge in [-0.3, -0.25) is 4.79 Å². The maximum absolute atomic E-state index is 10.7. The number of hydrogen-bond acceptors (Lipinski definition) is 2. The van der Waals surface area contributed by atoms with Crippen LogP contribution in [0.3, 0.4) is 0 Å². The van der Waals surface area contributed by atoms with Crippen LogP contribution in [0.2, 0.25) is 5.15 Å². The molecule has 0 bridgehead atoms. The number of hydrogen-bond donors (Lipinski definition) is 1. The maximum Gasteiger partial charge on any atom is 0.307 e. The van der Waals surface area contributed by atoms with E-state index in [4.69, 9.17) is 16.7 Å². The van der Waals surface area contributed by atoms with Gasteiger partial charge in [-0.1, -0.05) is 17.7 Å². The van der Waals surface area contributed by atoms with Gasteiger partial charge < -0.3 is 5.11 Å². The summed E-state index contributed by atoms with van der Waals surface area (Å²) in [5.41, 5.74) is 1.72. The highest BCUT2D eigenvalue weighted by atomic mass is 35.5. The normalized spacial score (nSPS) is 24.7. The lowest BCUT2D eigenvalue weighted by Gasteiger charge is -2.02. The topological polar surface area (TPSA) is 50.2 Å². The molecule has 1 aliphatic rings. The van der Waals surface area contributed by atoms with Gasteiger partial charge in [0.15, 0.2) is 0 Å². The van der Waals surface area contributed by atoms with Gasteiger partial charge in [-0.15, -0.1) is 0 Å². The zero-order chi connectivity index (χ0) is 10.3. The van der Waals surface area contributed by atoms with Gasteiger partial charge in [0.05, 0.1) is 5.92 Å². The van der Waals surface area contributed by atoms with Crippen molar-refractivity contribution in [2.75, 3.05) is 0 Å². The van der Waals surface area contributed by atoms with Crippen LogP contribution in [0.15, 0.2) is 12.1 Å². The van der Waals surface area contributed by atoms with Gasteiger partial charge >= 0.3 is 5.97 Å². The molecular formula is C10H10ClNO2. The molecule has 74 valence electrons. The summed E-state index contributed by atoms with van der Waals surface area (Å²) in [6.07, 6.45) is 0.680. The molecule has 1 heterocycles. The highest BCUT2D eigenvalue weighted by molar-refractivity contribution is 6.30. The Morgan fingerprint density at radius 2 is 2.36 bits per heavy atom. The van der Waals surface area contributed by atoms with E-state index in [1.807, 2.05) is 19.1 Å². The molecule has 4 heteroatoms. The number of rotatable bonds is 2. The zero-order valence-corrected chi connectivity index (χ0v) is 8.45. The smallest absolute Gasteiger partial charge is 0.307 e. The van der Waals surface area contributed by atoms with Crippen LogP contribution in [0.1, 0.15) is 23.6 Å². The molecule has 1 N–H and O–H groups in total. The first kappa shape index (κ1) is 9.46. The summed E-state index contributed by atoms with van der Waals surface area (Å²) in [7, 11) is 0. The van der Waals surface area contributed by atoms with Crippen molar-refractivity contribution in [1.82, 2.24) is 4.98 Å². The molecule has 0 radical (unpaired) electrons. The number of nitrogens with zero attached hydrogens (tertiary/aromatic N) is 1. The van der Waals surface area contributed by atoms with E-state index in [0.717, 1.165) is 11.3 Å². The second kappa shape index (κ2) is 3.24. The molecule has 0 spiro atoms. The van der Waals surface area contributed by atoms with Crippen LogP contribution in [-0.4, -0.2) is 16.1 Å². The minimum atomic E-state index is -0.744. The average molecular weight is 212 g/mol. The van der Waals surface area contributed by atoms with Gasteiger partial charge in [0.1, 0.15) is 5.15 Å². The number of pyridine rings is 1.